The van der Waals surface area contributed by atoms with Crippen LogP contribution < -0.4 is 10.5 Å². The number of H-pyrrole nitrogens is 2. The van der Waals surface area contributed by atoms with E-state index in [4.69, 9.17) is 4.42 Å². The molecule has 0 aliphatic carbocycles. The molecule has 0 saturated heterocycles. The van der Waals surface area contributed by atoms with Gasteiger partial charge in [0.05, 0.1) is 4.90 Å². The van der Waals surface area contributed by atoms with Crippen molar-refractivity contribution in [2.24, 2.45) is 0 Å². The number of nitrogens with zero attached hydrogens (tertiary/aromatic N) is 3. The average Bonchev–Trinajstić information content (AvgIpc) is 3.37. The van der Waals surface area contributed by atoms with E-state index in [0.29, 0.717) is 22.2 Å². The van der Waals surface area contributed by atoms with Crippen LogP contribution in [0.4, 0.5) is 4.39 Å². The molecule has 0 radical (unpaired) electrons. The molecule has 4 rings (SSSR count). The molecule has 0 saturated carbocycles. The predicted octanol–water partition coefficient (Wildman–Crippen LogP) is 2.21. The molecule has 162 valence electrons. The van der Waals surface area contributed by atoms with E-state index in [2.05, 4.69) is 30.3 Å². The Kier molecular flexibility index (Phi) is 5.19. The summed E-state index contributed by atoms with van der Waals surface area (Å²) in [5, 5.41) is 16.1. The Bertz CT molecular complexity index is 1420. The average molecular weight is 446 g/mol. The van der Waals surface area contributed by atoms with E-state index in [9.17, 15) is 17.6 Å². The second-order valence-corrected chi connectivity index (χ2v) is 8.93. The number of rotatable bonds is 6. The molecule has 2 unspecified atom stereocenters. The molecule has 0 fully saturated rings. The topological polar surface area (TPSA) is 147 Å². The van der Waals surface area contributed by atoms with Crippen molar-refractivity contribution < 1.29 is 17.2 Å². The van der Waals surface area contributed by atoms with Crippen LogP contribution in [0.15, 0.2) is 44.4 Å². The first-order valence-electron chi connectivity index (χ1n) is 9.31. The van der Waals surface area contributed by atoms with Gasteiger partial charge < -0.3 is 4.42 Å². The molecular formula is C19H19FN6O4S. The number of halogens is 1. The first kappa shape index (κ1) is 20.9. The van der Waals surface area contributed by atoms with Gasteiger partial charge in [0, 0.05) is 5.92 Å². The highest BCUT2D eigenvalue weighted by molar-refractivity contribution is 7.89. The molecule has 0 spiro atoms. The monoisotopic (exact) mass is 446 g/mol. The van der Waals surface area contributed by atoms with Crippen LogP contribution in [0.5, 0.6) is 0 Å². The van der Waals surface area contributed by atoms with Crippen molar-refractivity contribution in [3.63, 3.8) is 0 Å². The van der Waals surface area contributed by atoms with Crippen LogP contribution in [0.3, 0.4) is 0 Å². The van der Waals surface area contributed by atoms with Gasteiger partial charge in [-0.05, 0) is 54.8 Å². The van der Waals surface area contributed by atoms with Crippen LogP contribution in [0, 0.1) is 19.7 Å². The van der Waals surface area contributed by atoms with Gasteiger partial charge in [-0.1, -0.05) is 13.0 Å². The fourth-order valence-corrected chi connectivity index (χ4v) is 4.78. The van der Waals surface area contributed by atoms with Gasteiger partial charge in [0.15, 0.2) is 0 Å². The Morgan fingerprint density at radius 2 is 1.84 bits per heavy atom. The number of aromatic nitrogens is 5. The van der Waals surface area contributed by atoms with Crippen molar-refractivity contribution in [1.82, 2.24) is 30.3 Å². The summed E-state index contributed by atoms with van der Waals surface area (Å²) >= 11 is 0. The summed E-state index contributed by atoms with van der Waals surface area (Å²) in [6.07, 6.45) is 0. The quantitative estimate of drug-likeness (QED) is 0.411. The van der Waals surface area contributed by atoms with Gasteiger partial charge in [-0.15, -0.1) is 5.10 Å². The van der Waals surface area contributed by atoms with Gasteiger partial charge in [0.25, 0.3) is 0 Å². The minimum absolute atomic E-state index is 0.0783. The largest absolute Gasteiger partial charge is 0.434 e. The van der Waals surface area contributed by atoms with Crippen molar-refractivity contribution in [2.45, 2.75) is 37.6 Å². The van der Waals surface area contributed by atoms with Gasteiger partial charge in [-0.3, -0.25) is 0 Å². The van der Waals surface area contributed by atoms with Gasteiger partial charge >= 0.3 is 5.76 Å². The molecule has 0 bridgehead atoms. The van der Waals surface area contributed by atoms with E-state index in [0.717, 1.165) is 5.56 Å². The van der Waals surface area contributed by atoms with Crippen molar-refractivity contribution in [2.75, 3.05) is 0 Å². The Hall–Kier alpha value is -3.38. The lowest BCUT2D eigenvalue weighted by atomic mass is 9.88. The maximum Gasteiger partial charge on any atom is 0.434 e. The third-order valence-electron chi connectivity index (χ3n) is 5.29. The molecule has 0 aliphatic heterocycles. The van der Waals surface area contributed by atoms with Crippen LogP contribution in [-0.4, -0.2) is 34.0 Å². The van der Waals surface area contributed by atoms with E-state index < -0.39 is 33.6 Å². The van der Waals surface area contributed by atoms with Gasteiger partial charge in [-0.2, -0.15) is 20.1 Å². The second-order valence-electron chi connectivity index (χ2n) is 7.22. The van der Waals surface area contributed by atoms with Gasteiger partial charge in [-0.25, -0.2) is 22.7 Å². The third-order valence-corrected chi connectivity index (χ3v) is 6.73. The van der Waals surface area contributed by atoms with Crippen molar-refractivity contribution in [3.8, 4) is 0 Å². The maximum atomic E-state index is 14.7. The van der Waals surface area contributed by atoms with Crippen LogP contribution in [0.2, 0.25) is 0 Å². The lowest BCUT2D eigenvalue weighted by Gasteiger charge is -2.25. The Morgan fingerprint density at radius 1 is 1.10 bits per heavy atom. The zero-order chi connectivity index (χ0) is 22.3. The zero-order valence-corrected chi connectivity index (χ0v) is 17.6. The minimum atomic E-state index is -4.13. The molecule has 2 heterocycles. The number of nitrogens with one attached hydrogen (secondary N) is 3. The summed E-state index contributed by atoms with van der Waals surface area (Å²) in [5.74, 6) is -2.31. The standard InChI is InChI=1S/C19H19FN6O4S/c1-9-4-6-13(20)16(10(9)2)11(3)17(18-23-24-19(27)30-18)25-31(28,29)12-5-7-14-15(8-12)22-26-21-14/h4-8,11,17,25H,1-3H3,(H,24,27)(H,21,22,26). The Labute approximate surface area is 175 Å². The normalized spacial score (nSPS) is 14.1. The number of aryl methyl sites for hydroxylation is 1. The Balaban J connectivity index is 1.79. The molecule has 10 nitrogen and oxygen atoms in total. The summed E-state index contributed by atoms with van der Waals surface area (Å²) in [7, 11) is -4.13. The smallest absolute Gasteiger partial charge is 0.391 e. The second kappa shape index (κ2) is 7.71. The fraction of sp³-hybridized carbons (Fsp3) is 0.263. The molecular weight excluding hydrogens is 427 g/mol. The van der Waals surface area contributed by atoms with Crippen molar-refractivity contribution in [1.29, 1.82) is 0 Å². The number of sulfonamides is 1. The number of benzene rings is 2. The van der Waals surface area contributed by atoms with Gasteiger partial charge in [0.2, 0.25) is 15.9 Å². The van der Waals surface area contributed by atoms with Crippen LogP contribution >= 0.6 is 0 Å². The third kappa shape index (κ3) is 3.86. The number of fused-ring (bicyclic) bond motifs is 1. The van der Waals surface area contributed by atoms with Crippen LogP contribution in [-0.2, 0) is 10.0 Å². The molecule has 3 N–H and O–H groups in total. The summed E-state index contributed by atoms with van der Waals surface area (Å²) < 4.78 is 48.6. The molecule has 31 heavy (non-hydrogen) atoms. The number of hydrogen-bond donors (Lipinski definition) is 3. The molecule has 2 aromatic carbocycles. The molecule has 2 atom stereocenters. The first-order valence-corrected chi connectivity index (χ1v) is 10.8. The lowest BCUT2D eigenvalue weighted by molar-refractivity contribution is 0.377. The first-order chi connectivity index (χ1) is 14.7. The molecule has 12 heteroatoms. The summed E-state index contributed by atoms with van der Waals surface area (Å²) in [5.41, 5.74) is 2.66. The molecule has 2 aromatic heterocycles. The highest BCUT2D eigenvalue weighted by Gasteiger charge is 2.33. The van der Waals surface area contributed by atoms with Crippen molar-refractivity contribution in [3.05, 3.63) is 69.3 Å². The number of aromatic amines is 2. The Morgan fingerprint density at radius 3 is 2.55 bits per heavy atom. The SMILES string of the molecule is Cc1ccc(F)c(C(C)C(NS(=O)(=O)c2ccc3n[nH]nc3c2)c2n[nH]c(=O)o2)c1C. The minimum Gasteiger partial charge on any atom is -0.391 e. The van der Waals surface area contributed by atoms with E-state index in [1.165, 1.54) is 24.3 Å². The molecule has 0 amide bonds. The number of hydrogen-bond acceptors (Lipinski definition) is 7. The molecule has 0 aliphatic rings. The van der Waals surface area contributed by atoms with E-state index >= 15 is 0 Å². The summed E-state index contributed by atoms with van der Waals surface area (Å²) in [6, 6.07) is 6.02. The van der Waals surface area contributed by atoms with E-state index in [-0.39, 0.29) is 10.8 Å². The highest BCUT2D eigenvalue weighted by Crippen LogP contribution is 2.35. The summed E-state index contributed by atoms with van der Waals surface area (Å²) in [4.78, 5) is 11.5. The molecule has 4 aromatic rings. The van der Waals surface area contributed by atoms with Gasteiger partial charge in [0.1, 0.15) is 22.9 Å². The fourth-order valence-electron chi connectivity index (χ4n) is 3.49. The van der Waals surface area contributed by atoms with Crippen LogP contribution in [0.25, 0.3) is 11.0 Å². The zero-order valence-electron chi connectivity index (χ0n) is 16.8. The maximum absolute atomic E-state index is 14.7. The van der Waals surface area contributed by atoms with Crippen molar-refractivity contribution >= 4 is 21.1 Å². The summed E-state index contributed by atoms with van der Waals surface area (Å²) in [6.45, 7) is 5.20. The van der Waals surface area contributed by atoms with E-state index in [1.807, 2.05) is 6.92 Å². The highest BCUT2D eigenvalue weighted by atomic mass is 32.2. The predicted molar refractivity (Wildman–Crippen MR) is 108 cm³/mol. The van der Waals surface area contributed by atoms with Crippen LogP contribution in [0.1, 0.15) is 41.5 Å². The van der Waals surface area contributed by atoms with E-state index in [1.54, 1.807) is 19.9 Å². The lowest BCUT2D eigenvalue weighted by Crippen LogP contribution is -2.33.